The molecule has 1 aliphatic carbocycles. The molecule has 0 amide bonds. The van der Waals surface area contributed by atoms with Gasteiger partial charge in [-0.05, 0) is 40.4 Å². The summed E-state index contributed by atoms with van der Waals surface area (Å²) in [5, 5.41) is 1.08. The van der Waals surface area contributed by atoms with E-state index >= 15 is 0 Å². The number of nitrogens with zero attached hydrogens (tertiary/aromatic N) is 4. The largest absolute Gasteiger partial charge is 0.281 e. The Morgan fingerprint density at radius 2 is 1.42 bits per heavy atom. The van der Waals surface area contributed by atoms with Crippen LogP contribution in [0.2, 0.25) is 0 Å². The van der Waals surface area contributed by atoms with E-state index in [0.717, 1.165) is 33.6 Å². The second kappa shape index (κ2) is 6.20. The van der Waals surface area contributed by atoms with Crippen LogP contribution in [0, 0.1) is 12.3 Å². The summed E-state index contributed by atoms with van der Waals surface area (Å²) >= 11 is 0. The summed E-state index contributed by atoms with van der Waals surface area (Å²) < 4.78 is 2.29. The SMILES string of the molecule is Bc1c2c(c(B)c3c1nc1c4ccnc(C(C)(C)C)c4nc(C)n13)C(C)(C)C(C)(C)C2(C)C. The third kappa shape index (κ3) is 2.48. The van der Waals surface area contributed by atoms with Crippen molar-refractivity contribution in [1.82, 2.24) is 19.4 Å². The summed E-state index contributed by atoms with van der Waals surface area (Å²) in [4.78, 5) is 15.2. The normalized spacial score (nSPS) is 19.0. The summed E-state index contributed by atoms with van der Waals surface area (Å²) in [5.41, 5.74) is 11.1. The van der Waals surface area contributed by atoms with E-state index in [1.54, 1.807) is 0 Å². The van der Waals surface area contributed by atoms with E-state index in [2.05, 4.69) is 95.4 Å². The van der Waals surface area contributed by atoms with Gasteiger partial charge in [0.15, 0.2) is 0 Å². The van der Waals surface area contributed by atoms with Gasteiger partial charge in [0.25, 0.3) is 0 Å². The monoisotopic (exact) mass is 438 g/mol. The van der Waals surface area contributed by atoms with Crippen molar-refractivity contribution in [2.45, 2.75) is 85.5 Å². The minimum absolute atomic E-state index is 0.0422. The Balaban J connectivity index is 2.03. The molecule has 0 N–H and O–H groups in total. The van der Waals surface area contributed by atoms with Crippen LogP contribution in [0.5, 0.6) is 0 Å². The first-order valence-corrected chi connectivity index (χ1v) is 12.2. The molecule has 0 unspecified atom stereocenters. The molecule has 4 nitrogen and oxygen atoms in total. The Morgan fingerprint density at radius 1 is 0.848 bits per heavy atom. The van der Waals surface area contributed by atoms with Gasteiger partial charge >= 0.3 is 0 Å². The lowest BCUT2D eigenvalue weighted by Crippen LogP contribution is -2.43. The van der Waals surface area contributed by atoms with Crippen LogP contribution in [-0.4, -0.2) is 35.0 Å². The quantitative estimate of drug-likeness (QED) is 0.397. The maximum Gasteiger partial charge on any atom is 0.148 e. The van der Waals surface area contributed by atoms with Crippen molar-refractivity contribution in [3.05, 3.63) is 34.9 Å². The van der Waals surface area contributed by atoms with Gasteiger partial charge in [-0.2, -0.15) is 0 Å². The highest BCUT2D eigenvalue weighted by Gasteiger charge is 2.58. The molecule has 0 saturated heterocycles. The average Bonchev–Trinajstić information content (AvgIpc) is 3.15. The number of aryl methyl sites for hydroxylation is 1. The second-order valence-electron chi connectivity index (χ2n) is 12.8. The molecule has 1 aliphatic rings. The molecule has 170 valence electrons. The Bertz CT molecular complexity index is 1500. The number of hydrogen-bond donors (Lipinski definition) is 0. The third-order valence-corrected chi connectivity index (χ3v) is 9.44. The maximum absolute atomic E-state index is 5.32. The van der Waals surface area contributed by atoms with E-state index in [-0.39, 0.29) is 21.7 Å². The third-order valence-electron chi connectivity index (χ3n) is 9.44. The first-order chi connectivity index (χ1) is 15.0. The van der Waals surface area contributed by atoms with Crippen molar-refractivity contribution >= 4 is 54.2 Å². The van der Waals surface area contributed by atoms with Crippen LogP contribution in [0.15, 0.2) is 12.3 Å². The molecular formula is C27H36B2N4. The van der Waals surface area contributed by atoms with Crippen LogP contribution < -0.4 is 10.9 Å². The van der Waals surface area contributed by atoms with Crippen LogP contribution >= 0.6 is 0 Å². The van der Waals surface area contributed by atoms with E-state index < -0.39 is 0 Å². The Morgan fingerprint density at radius 3 is 2.00 bits per heavy atom. The number of imidazole rings is 1. The summed E-state index contributed by atoms with van der Waals surface area (Å²) in [5.74, 6) is 0.968. The highest BCUT2D eigenvalue weighted by Crippen LogP contribution is 2.60. The molecule has 0 fully saturated rings. The first kappa shape index (κ1) is 22.4. The number of fused-ring (bicyclic) bond motifs is 6. The molecule has 0 atom stereocenters. The van der Waals surface area contributed by atoms with Gasteiger partial charge in [-0.15, -0.1) is 0 Å². The smallest absolute Gasteiger partial charge is 0.148 e. The predicted octanol–water partition coefficient (Wildman–Crippen LogP) is 3.15. The lowest BCUT2D eigenvalue weighted by Gasteiger charge is -2.45. The molecule has 3 heterocycles. The molecule has 0 radical (unpaired) electrons. The molecule has 0 saturated carbocycles. The highest BCUT2D eigenvalue weighted by molar-refractivity contribution is 6.46. The number of rotatable bonds is 0. The molecule has 0 spiro atoms. The maximum atomic E-state index is 5.32. The number of hydrogen-bond acceptors (Lipinski definition) is 3. The van der Waals surface area contributed by atoms with Crippen molar-refractivity contribution in [3.8, 4) is 0 Å². The van der Waals surface area contributed by atoms with E-state index in [9.17, 15) is 0 Å². The van der Waals surface area contributed by atoms with E-state index in [4.69, 9.17) is 15.0 Å². The zero-order chi connectivity index (χ0) is 24.5. The summed E-state index contributed by atoms with van der Waals surface area (Å²) in [6.07, 6.45) is 1.91. The molecule has 6 heteroatoms. The van der Waals surface area contributed by atoms with E-state index in [1.807, 2.05) is 6.20 Å². The highest BCUT2D eigenvalue weighted by atomic mass is 15.1. The van der Waals surface area contributed by atoms with E-state index in [0.29, 0.717) is 0 Å². The average molecular weight is 438 g/mol. The summed E-state index contributed by atoms with van der Waals surface area (Å²) in [6, 6.07) is 2.08. The number of benzene rings is 1. The van der Waals surface area contributed by atoms with Gasteiger partial charge < -0.3 is 0 Å². The summed E-state index contributed by atoms with van der Waals surface area (Å²) in [7, 11) is 4.57. The van der Waals surface area contributed by atoms with Gasteiger partial charge in [0.1, 0.15) is 27.2 Å². The fourth-order valence-electron chi connectivity index (χ4n) is 6.61. The number of pyridine rings is 1. The minimum Gasteiger partial charge on any atom is -0.281 e. The van der Waals surface area contributed by atoms with Crippen molar-refractivity contribution in [1.29, 1.82) is 0 Å². The van der Waals surface area contributed by atoms with Crippen LogP contribution in [0.25, 0.3) is 27.6 Å². The molecule has 4 aromatic rings. The zero-order valence-electron chi connectivity index (χ0n) is 22.4. The van der Waals surface area contributed by atoms with Crippen LogP contribution in [-0.2, 0) is 16.2 Å². The minimum atomic E-state index is -0.0874. The standard InChI is InChI=1S/C27H36B2N4/c1-13-31-19-14(11-12-30-22(19)24(2,3)4)23-32-20-17(28)15-16(18(29)21(20)33(13)23)26(7,8)27(9,10)25(15,5)6/h11-12H,28-29H2,1-10H3. The van der Waals surface area contributed by atoms with Crippen LogP contribution in [0.4, 0.5) is 0 Å². The zero-order valence-corrected chi connectivity index (χ0v) is 22.4. The number of aromatic nitrogens is 4. The van der Waals surface area contributed by atoms with Crippen molar-refractivity contribution in [2.24, 2.45) is 5.41 Å². The fourth-order valence-corrected chi connectivity index (χ4v) is 6.61. The topological polar surface area (TPSA) is 43.1 Å². The van der Waals surface area contributed by atoms with Crippen LogP contribution in [0.3, 0.4) is 0 Å². The molecule has 33 heavy (non-hydrogen) atoms. The van der Waals surface area contributed by atoms with E-state index in [1.165, 1.54) is 27.6 Å². The van der Waals surface area contributed by atoms with Gasteiger partial charge in [-0.3, -0.25) is 9.38 Å². The van der Waals surface area contributed by atoms with Crippen LogP contribution in [0.1, 0.15) is 85.0 Å². The molecule has 3 aromatic heterocycles. The Kier molecular flexibility index (Phi) is 4.21. The second-order valence-corrected chi connectivity index (χ2v) is 12.8. The Hall–Kier alpha value is -2.36. The molecule has 0 bridgehead atoms. The Labute approximate surface area is 199 Å². The molecular weight excluding hydrogens is 402 g/mol. The first-order valence-electron chi connectivity index (χ1n) is 12.2. The molecule has 0 aliphatic heterocycles. The van der Waals surface area contributed by atoms with Crippen molar-refractivity contribution in [3.63, 3.8) is 0 Å². The van der Waals surface area contributed by atoms with Crippen molar-refractivity contribution < 1.29 is 0 Å². The van der Waals surface area contributed by atoms with Gasteiger partial charge in [0.2, 0.25) is 0 Å². The van der Waals surface area contributed by atoms with Crippen molar-refractivity contribution in [2.75, 3.05) is 0 Å². The van der Waals surface area contributed by atoms with Gasteiger partial charge in [0, 0.05) is 17.0 Å². The molecule has 1 aromatic carbocycles. The molecule has 5 rings (SSSR count). The lowest BCUT2D eigenvalue weighted by molar-refractivity contribution is 0.125. The predicted molar refractivity (Wildman–Crippen MR) is 145 cm³/mol. The van der Waals surface area contributed by atoms with Gasteiger partial charge in [0.05, 0.1) is 22.2 Å². The summed E-state index contributed by atoms with van der Waals surface area (Å²) in [6.45, 7) is 23.2. The van der Waals surface area contributed by atoms with Gasteiger partial charge in [-0.1, -0.05) is 73.2 Å². The lowest BCUT2D eigenvalue weighted by atomic mass is 9.58. The fraction of sp³-hybridized carbons (Fsp3) is 0.519. The van der Waals surface area contributed by atoms with Gasteiger partial charge in [-0.25, -0.2) is 9.97 Å².